The van der Waals surface area contributed by atoms with Gasteiger partial charge in [-0.25, -0.2) is 0 Å². The Morgan fingerprint density at radius 2 is 1.89 bits per heavy atom. The van der Waals surface area contributed by atoms with E-state index in [2.05, 4.69) is 31.2 Å². The quantitative estimate of drug-likeness (QED) is 0.875. The van der Waals surface area contributed by atoms with Gasteiger partial charge in [0.05, 0.1) is 22.0 Å². The smallest absolute Gasteiger partial charge is 0.0848 e. The van der Waals surface area contributed by atoms with Crippen molar-refractivity contribution >= 4 is 11.6 Å². The molecule has 0 amide bonds. The first-order chi connectivity index (χ1) is 8.56. The fourth-order valence-corrected chi connectivity index (χ4v) is 2.12. The summed E-state index contributed by atoms with van der Waals surface area (Å²) in [4.78, 5) is 0. The van der Waals surface area contributed by atoms with Gasteiger partial charge in [-0.15, -0.1) is 0 Å². The molecule has 2 N–H and O–H groups in total. The third kappa shape index (κ3) is 4.79. The molecule has 1 aromatic rings. The molecule has 0 aliphatic heterocycles. The van der Waals surface area contributed by atoms with Gasteiger partial charge in [-0.05, 0) is 41.5 Å². The van der Waals surface area contributed by atoms with E-state index in [9.17, 15) is 5.11 Å². The van der Waals surface area contributed by atoms with Gasteiger partial charge >= 0.3 is 0 Å². The van der Waals surface area contributed by atoms with Gasteiger partial charge in [-0.2, -0.15) is 5.10 Å². The van der Waals surface area contributed by atoms with Crippen LogP contribution in [0.25, 0.3) is 0 Å². The molecule has 0 bridgehead atoms. The van der Waals surface area contributed by atoms with Crippen molar-refractivity contribution < 1.29 is 5.11 Å². The van der Waals surface area contributed by atoms with Gasteiger partial charge < -0.3 is 10.4 Å². The van der Waals surface area contributed by atoms with Crippen LogP contribution in [0.2, 0.25) is 5.02 Å². The van der Waals surface area contributed by atoms with Crippen LogP contribution in [-0.4, -0.2) is 32.6 Å². The topological polar surface area (TPSA) is 50.1 Å². The highest BCUT2D eigenvalue weighted by molar-refractivity contribution is 6.31. The number of nitrogens with zero attached hydrogens (tertiary/aromatic N) is 2. The van der Waals surface area contributed by atoms with E-state index in [4.69, 9.17) is 11.6 Å². The Bertz CT molecular complexity index is 433. The minimum Gasteiger partial charge on any atom is -0.388 e. The van der Waals surface area contributed by atoms with Gasteiger partial charge in [0.2, 0.25) is 0 Å². The standard InChI is InChI=1S/C14H26ClN3O/c1-7-18-11(12(15)10(2)17-18)8-14(6,19)9-16-13(3,4)5/h16,19H,7-9H2,1-6H3. The minimum atomic E-state index is -0.851. The van der Waals surface area contributed by atoms with Crippen LogP contribution in [0.1, 0.15) is 46.0 Å². The minimum absolute atomic E-state index is 0.0191. The first-order valence-electron chi connectivity index (χ1n) is 6.75. The summed E-state index contributed by atoms with van der Waals surface area (Å²) in [5, 5.41) is 18.9. The molecule has 1 aromatic heterocycles. The zero-order valence-electron chi connectivity index (χ0n) is 12.8. The predicted octanol–water partition coefficient (Wildman–Crippen LogP) is 2.55. The van der Waals surface area contributed by atoms with E-state index in [-0.39, 0.29) is 5.54 Å². The molecule has 5 heteroatoms. The second-order valence-electron chi connectivity index (χ2n) is 6.44. The molecule has 0 spiro atoms. The molecule has 4 nitrogen and oxygen atoms in total. The normalized spacial score (nSPS) is 15.6. The van der Waals surface area contributed by atoms with Crippen molar-refractivity contribution in [2.45, 2.75) is 65.6 Å². The molecular weight excluding hydrogens is 262 g/mol. The van der Waals surface area contributed by atoms with Gasteiger partial charge in [0.15, 0.2) is 0 Å². The molecule has 0 aliphatic carbocycles. The monoisotopic (exact) mass is 287 g/mol. The van der Waals surface area contributed by atoms with Crippen LogP contribution in [0, 0.1) is 6.92 Å². The average Bonchev–Trinajstić information content (AvgIpc) is 2.53. The molecule has 1 rings (SSSR count). The lowest BCUT2D eigenvalue weighted by molar-refractivity contribution is 0.0515. The van der Waals surface area contributed by atoms with Crippen LogP contribution >= 0.6 is 11.6 Å². The maximum atomic E-state index is 10.5. The molecule has 0 saturated heterocycles. The van der Waals surface area contributed by atoms with Crippen molar-refractivity contribution in [1.82, 2.24) is 15.1 Å². The highest BCUT2D eigenvalue weighted by Gasteiger charge is 2.27. The number of aliphatic hydroxyl groups is 1. The summed E-state index contributed by atoms with van der Waals surface area (Å²) >= 11 is 6.27. The number of rotatable bonds is 5. The summed E-state index contributed by atoms with van der Waals surface area (Å²) in [6, 6.07) is 0. The molecule has 0 saturated carbocycles. The molecular formula is C14H26ClN3O. The van der Waals surface area contributed by atoms with Gasteiger partial charge in [-0.3, -0.25) is 4.68 Å². The van der Waals surface area contributed by atoms with Gasteiger partial charge in [-0.1, -0.05) is 11.6 Å². The summed E-state index contributed by atoms with van der Waals surface area (Å²) in [5.74, 6) is 0. The van der Waals surface area contributed by atoms with Crippen molar-refractivity contribution in [2.24, 2.45) is 0 Å². The summed E-state index contributed by atoms with van der Waals surface area (Å²) in [5.41, 5.74) is 0.853. The lowest BCUT2D eigenvalue weighted by Gasteiger charge is -2.29. The van der Waals surface area contributed by atoms with E-state index in [1.807, 2.05) is 25.5 Å². The highest BCUT2D eigenvalue weighted by atomic mass is 35.5. The molecule has 0 fully saturated rings. The van der Waals surface area contributed by atoms with E-state index in [0.29, 0.717) is 18.0 Å². The molecule has 1 unspecified atom stereocenters. The van der Waals surface area contributed by atoms with Crippen molar-refractivity contribution in [3.63, 3.8) is 0 Å². The van der Waals surface area contributed by atoms with Gasteiger partial charge in [0.1, 0.15) is 0 Å². The van der Waals surface area contributed by atoms with Gasteiger partial charge in [0.25, 0.3) is 0 Å². The average molecular weight is 288 g/mol. The Hall–Kier alpha value is -0.580. The van der Waals surface area contributed by atoms with E-state index in [1.54, 1.807) is 0 Å². The lowest BCUT2D eigenvalue weighted by atomic mass is 9.98. The molecule has 0 aromatic carbocycles. The first-order valence-corrected chi connectivity index (χ1v) is 7.13. The maximum Gasteiger partial charge on any atom is 0.0848 e. The fourth-order valence-electron chi connectivity index (χ4n) is 1.92. The van der Waals surface area contributed by atoms with Crippen LogP contribution in [0.5, 0.6) is 0 Å². The highest BCUT2D eigenvalue weighted by Crippen LogP contribution is 2.24. The second-order valence-corrected chi connectivity index (χ2v) is 6.82. The number of nitrogens with one attached hydrogen (secondary N) is 1. The van der Waals surface area contributed by atoms with E-state index in [0.717, 1.165) is 17.9 Å². The molecule has 1 heterocycles. The zero-order chi connectivity index (χ0) is 14.8. The van der Waals surface area contributed by atoms with Crippen molar-refractivity contribution in [2.75, 3.05) is 6.54 Å². The summed E-state index contributed by atoms with van der Waals surface area (Å²) in [7, 11) is 0. The SMILES string of the molecule is CCn1nc(C)c(Cl)c1CC(C)(O)CNC(C)(C)C. The van der Waals surface area contributed by atoms with Crippen LogP contribution in [0.4, 0.5) is 0 Å². The Morgan fingerprint density at radius 3 is 2.37 bits per heavy atom. The third-order valence-electron chi connectivity index (χ3n) is 3.00. The summed E-state index contributed by atoms with van der Waals surface area (Å²) in [6.07, 6.45) is 0.490. The van der Waals surface area contributed by atoms with Crippen LogP contribution < -0.4 is 5.32 Å². The molecule has 110 valence electrons. The first kappa shape index (κ1) is 16.5. The van der Waals surface area contributed by atoms with Crippen LogP contribution in [-0.2, 0) is 13.0 Å². The van der Waals surface area contributed by atoms with Crippen molar-refractivity contribution in [3.8, 4) is 0 Å². The lowest BCUT2D eigenvalue weighted by Crippen LogP contribution is -2.47. The van der Waals surface area contributed by atoms with Crippen molar-refractivity contribution in [1.29, 1.82) is 0 Å². The summed E-state index contributed by atoms with van der Waals surface area (Å²) < 4.78 is 1.86. The Balaban J connectivity index is 2.83. The number of aryl methyl sites for hydroxylation is 2. The second kappa shape index (κ2) is 5.81. The molecule has 19 heavy (non-hydrogen) atoms. The number of β-amino-alcohol motifs (C(OH)–C–C–N with tert-alkyl or cyclic N) is 1. The van der Waals surface area contributed by atoms with Gasteiger partial charge in [0, 0.05) is 25.0 Å². The Morgan fingerprint density at radius 1 is 1.32 bits per heavy atom. The number of hydrogen-bond donors (Lipinski definition) is 2. The molecule has 1 atom stereocenters. The van der Waals surface area contributed by atoms with E-state index in [1.165, 1.54) is 0 Å². The predicted molar refractivity (Wildman–Crippen MR) is 79.7 cm³/mol. The molecule has 0 aliphatic rings. The van der Waals surface area contributed by atoms with Crippen LogP contribution in [0.15, 0.2) is 0 Å². The number of halogens is 1. The van der Waals surface area contributed by atoms with E-state index < -0.39 is 5.60 Å². The number of aromatic nitrogens is 2. The van der Waals surface area contributed by atoms with Crippen LogP contribution in [0.3, 0.4) is 0 Å². The zero-order valence-corrected chi connectivity index (χ0v) is 13.6. The van der Waals surface area contributed by atoms with Crippen molar-refractivity contribution in [3.05, 3.63) is 16.4 Å². The maximum absolute atomic E-state index is 10.5. The molecule has 0 radical (unpaired) electrons. The third-order valence-corrected chi connectivity index (χ3v) is 3.49. The Labute approximate surface area is 121 Å². The fraction of sp³-hybridized carbons (Fsp3) is 0.786. The Kier molecular flexibility index (Phi) is 5.04. The number of hydrogen-bond acceptors (Lipinski definition) is 3. The van der Waals surface area contributed by atoms with E-state index >= 15 is 0 Å². The largest absolute Gasteiger partial charge is 0.388 e. The summed E-state index contributed by atoms with van der Waals surface area (Å²) in [6.45, 7) is 13.2.